The number of rotatable bonds is 7. The van der Waals surface area contributed by atoms with Gasteiger partial charge >= 0.3 is 0 Å². The van der Waals surface area contributed by atoms with Gasteiger partial charge in [-0.15, -0.1) is 0 Å². The average molecular weight is 334 g/mol. The normalized spacial score (nSPS) is 12.2. The summed E-state index contributed by atoms with van der Waals surface area (Å²) in [7, 11) is 1.65. The highest BCUT2D eigenvalue weighted by molar-refractivity contribution is 5.79. The Bertz CT molecular complexity index is 718. The van der Waals surface area contributed by atoms with E-state index in [1.54, 1.807) is 7.11 Å². The van der Waals surface area contributed by atoms with E-state index in [4.69, 9.17) is 4.74 Å². The maximum atomic E-state index is 10.5. The van der Waals surface area contributed by atoms with E-state index in [2.05, 4.69) is 18.8 Å². The van der Waals surface area contributed by atoms with Crippen molar-refractivity contribution in [2.24, 2.45) is 0 Å². The fourth-order valence-electron chi connectivity index (χ4n) is 2.51. The molecule has 2 heteroatoms. The molecule has 1 N–H and O–H groups in total. The molecule has 0 aromatic heterocycles. The molecule has 0 aliphatic rings. The van der Waals surface area contributed by atoms with Gasteiger partial charge in [0.25, 0.3) is 0 Å². The Morgan fingerprint density at radius 1 is 1.08 bits per heavy atom. The van der Waals surface area contributed by atoms with Crippen molar-refractivity contribution >= 4 is 5.57 Å². The molecule has 2 aromatic rings. The predicted octanol–water partition coefficient (Wildman–Crippen LogP) is 5.40. The molecule has 130 valence electrons. The molecule has 1 unspecified atom stereocenters. The standard InChI is InChI=1S/C23H26O2/c1-3-4-5-6-8-13-21(19-14-16-22(25-2)17-15-19)18-23(24)20-11-9-7-10-12-20/h7,9-12,14-18,23-24H,3-6H2,1-2H3/b21-18+. The molecule has 0 fully saturated rings. The number of aliphatic hydroxyl groups is 1. The van der Waals surface area contributed by atoms with Crippen LogP contribution in [0.1, 0.15) is 49.8 Å². The van der Waals surface area contributed by atoms with Crippen LogP contribution in [-0.2, 0) is 0 Å². The minimum Gasteiger partial charge on any atom is -0.497 e. The van der Waals surface area contributed by atoms with Crippen LogP contribution in [0.25, 0.3) is 5.57 Å². The summed E-state index contributed by atoms with van der Waals surface area (Å²) in [6.45, 7) is 2.19. The van der Waals surface area contributed by atoms with Crippen LogP contribution in [0, 0.1) is 11.8 Å². The van der Waals surface area contributed by atoms with Crippen LogP contribution in [-0.4, -0.2) is 12.2 Å². The second kappa shape index (κ2) is 10.4. The molecular weight excluding hydrogens is 308 g/mol. The zero-order valence-corrected chi connectivity index (χ0v) is 15.0. The molecular formula is C23H26O2. The Morgan fingerprint density at radius 3 is 2.44 bits per heavy atom. The van der Waals surface area contributed by atoms with Crippen LogP contribution in [0.2, 0.25) is 0 Å². The third-order valence-corrected chi connectivity index (χ3v) is 4.00. The van der Waals surface area contributed by atoms with Crippen LogP contribution >= 0.6 is 0 Å². The smallest absolute Gasteiger partial charge is 0.118 e. The quantitative estimate of drug-likeness (QED) is 0.543. The number of hydrogen-bond acceptors (Lipinski definition) is 2. The van der Waals surface area contributed by atoms with E-state index in [0.717, 1.165) is 35.3 Å². The van der Waals surface area contributed by atoms with Gasteiger partial charge < -0.3 is 9.84 Å². The Morgan fingerprint density at radius 2 is 1.80 bits per heavy atom. The molecule has 0 heterocycles. The van der Waals surface area contributed by atoms with Gasteiger partial charge in [-0.05, 0) is 35.8 Å². The van der Waals surface area contributed by atoms with Crippen molar-refractivity contribution < 1.29 is 9.84 Å². The van der Waals surface area contributed by atoms with E-state index in [-0.39, 0.29) is 0 Å². The molecule has 0 aliphatic carbocycles. The first-order chi connectivity index (χ1) is 12.2. The molecule has 0 radical (unpaired) electrons. The summed E-state index contributed by atoms with van der Waals surface area (Å²) < 4.78 is 5.22. The van der Waals surface area contributed by atoms with Crippen molar-refractivity contribution in [3.63, 3.8) is 0 Å². The Hall–Kier alpha value is -2.50. The first-order valence-electron chi connectivity index (χ1n) is 8.82. The second-order valence-corrected chi connectivity index (χ2v) is 5.92. The highest BCUT2D eigenvalue weighted by Gasteiger charge is 2.07. The van der Waals surface area contributed by atoms with Crippen LogP contribution in [0.4, 0.5) is 0 Å². The molecule has 0 aliphatic heterocycles. The summed E-state index contributed by atoms with van der Waals surface area (Å²) in [5.41, 5.74) is 2.69. The summed E-state index contributed by atoms with van der Waals surface area (Å²) in [4.78, 5) is 0. The van der Waals surface area contributed by atoms with Gasteiger partial charge in [0.2, 0.25) is 0 Å². The van der Waals surface area contributed by atoms with Crippen LogP contribution in [0.3, 0.4) is 0 Å². The van der Waals surface area contributed by atoms with Gasteiger partial charge in [0.1, 0.15) is 5.75 Å². The summed E-state index contributed by atoms with van der Waals surface area (Å²) in [5.74, 6) is 7.29. The third kappa shape index (κ3) is 6.14. The van der Waals surface area contributed by atoms with E-state index >= 15 is 0 Å². The SMILES string of the molecule is CCCCCC#C/C(=C\C(O)c1ccccc1)c1ccc(OC)cc1. The molecule has 0 saturated heterocycles. The minimum atomic E-state index is -0.678. The zero-order valence-electron chi connectivity index (χ0n) is 15.0. The average Bonchev–Trinajstić information content (AvgIpc) is 2.67. The summed E-state index contributed by atoms with van der Waals surface area (Å²) in [6, 6.07) is 17.4. The van der Waals surface area contributed by atoms with E-state index in [0.29, 0.717) is 0 Å². The Kier molecular flexibility index (Phi) is 7.82. The van der Waals surface area contributed by atoms with Crippen molar-refractivity contribution in [2.75, 3.05) is 7.11 Å². The monoisotopic (exact) mass is 334 g/mol. The van der Waals surface area contributed by atoms with Gasteiger partial charge in [0, 0.05) is 12.0 Å². The number of hydrogen-bond donors (Lipinski definition) is 1. The number of aliphatic hydroxyl groups excluding tert-OH is 1. The summed E-state index contributed by atoms with van der Waals surface area (Å²) in [5, 5.41) is 10.5. The number of unbranched alkanes of at least 4 members (excludes halogenated alkanes) is 3. The topological polar surface area (TPSA) is 29.5 Å². The van der Waals surface area contributed by atoms with Crippen molar-refractivity contribution in [3.05, 3.63) is 71.8 Å². The third-order valence-electron chi connectivity index (χ3n) is 4.00. The lowest BCUT2D eigenvalue weighted by Crippen LogP contribution is -1.95. The van der Waals surface area contributed by atoms with Gasteiger partial charge in [-0.25, -0.2) is 0 Å². The van der Waals surface area contributed by atoms with Crippen LogP contribution < -0.4 is 4.74 Å². The van der Waals surface area contributed by atoms with Crippen molar-refractivity contribution in [3.8, 4) is 17.6 Å². The van der Waals surface area contributed by atoms with Gasteiger partial charge in [-0.1, -0.05) is 74.1 Å². The van der Waals surface area contributed by atoms with Crippen molar-refractivity contribution in [2.45, 2.75) is 38.7 Å². The van der Waals surface area contributed by atoms with E-state index < -0.39 is 6.10 Å². The second-order valence-electron chi connectivity index (χ2n) is 5.92. The first-order valence-corrected chi connectivity index (χ1v) is 8.82. The van der Waals surface area contributed by atoms with Crippen LogP contribution in [0.15, 0.2) is 60.7 Å². The van der Waals surface area contributed by atoms with Gasteiger partial charge in [0.15, 0.2) is 0 Å². The molecule has 1 atom stereocenters. The number of methoxy groups -OCH3 is 1. The number of ether oxygens (including phenoxy) is 1. The lowest BCUT2D eigenvalue weighted by molar-refractivity contribution is 0.229. The highest BCUT2D eigenvalue weighted by atomic mass is 16.5. The molecule has 25 heavy (non-hydrogen) atoms. The lowest BCUT2D eigenvalue weighted by Gasteiger charge is -2.09. The van der Waals surface area contributed by atoms with Crippen molar-refractivity contribution in [1.82, 2.24) is 0 Å². The van der Waals surface area contributed by atoms with E-state index in [1.165, 1.54) is 12.8 Å². The molecule has 0 saturated carbocycles. The fraction of sp³-hybridized carbons (Fsp3) is 0.304. The molecule has 0 bridgehead atoms. The van der Waals surface area contributed by atoms with E-state index in [9.17, 15) is 5.11 Å². The highest BCUT2D eigenvalue weighted by Crippen LogP contribution is 2.23. The maximum absolute atomic E-state index is 10.5. The zero-order chi connectivity index (χ0) is 17.9. The molecule has 2 rings (SSSR count). The first kappa shape index (κ1) is 18.8. The van der Waals surface area contributed by atoms with Crippen molar-refractivity contribution in [1.29, 1.82) is 0 Å². The molecule has 0 spiro atoms. The Labute approximate surface area is 151 Å². The minimum absolute atomic E-state index is 0.678. The number of benzene rings is 2. The fourth-order valence-corrected chi connectivity index (χ4v) is 2.51. The Balaban J connectivity index is 2.25. The summed E-state index contributed by atoms with van der Waals surface area (Å²) >= 11 is 0. The predicted molar refractivity (Wildman–Crippen MR) is 104 cm³/mol. The maximum Gasteiger partial charge on any atom is 0.118 e. The molecule has 2 aromatic carbocycles. The lowest BCUT2D eigenvalue weighted by atomic mass is 10.0. The summed E-state index contributed by atoms with van der Waals surface area (Å²) in [6.07, 6.45) is 5.52. The largest absolute Gasteiger partial charge is 0.497 e. The molecule has 2 nitrogen and oxygen atoms in total. The van der Waals surface area contributed by atoms with Gasteiger partial charge in [-0.2, -0.15) is 0 Å². The van der Waals surface area contributed by atoms with Gasteiger partial charge in [-0.3, -0.25) is 0 Å². The van der Waals surface area contributed by atoms with Gasteiger partial charge in [0.05, 0.1) is 13.2 Å². The van der Waals surface area contributed by atoms with E-state index in [1.807, 2.05) is 60.7 Å². The number of allylic oxidation sites excluding steroid dienone is 1. The van der Waals surface area contributed by atoms with Crippen LogP contribution in [0.5, 0.6) is 5.75 Å². The molecule has 0 amide bonds.